The number of nitrogens with zero attached hydrogens (tertiary/aromatic N) is 2. The summed E-state index contributed by atoms with van der Waals surface area (Å²) in [5.74, 6) is 0. The largest absolute Gasteiger partial charge is 0.481 e. The van der Waals surface area contributed by atoms with E-state index in [1.807, 2.05) is 0 Å². The lowest BCUT2D eigenvalue weighted by molar-refractivity contribution is -0.109. The van der Waals surface area contributed by atoms with Crippen molar-refractivity contribution in [1.29, 1.82) is 0 Å². The Morgan fingerprint density at radius 3 is 2.75 bits per heavy atom. The van der Waals surface area contributed by atoms with Crippen LogP contribution in [-0.4, -0.2) is 54.9 Å². The van der Waals surface area contributed by atoms with Crippen LogP contribution in [0.2, 0.25) is 0 Å². The molecule has 2 aliphatic heterocycles. The molecule has 0 bridgehead atoms. The maximum Gasteiger partial charge on any atom is 0.426 e. The molecule has 24 heavy (non-hydrogen) atoms. The number of piperidine rings is 1. The molecule has 0 unspecified atom stereocenters. The van der Waals surface area contributed by atoms with E-state index in [0.29, 0.717) is 18.7 Å². The molecule has 1 fully saturated rings. The SMILES string of the molecule is CNC(=O)ON1CCc2cc(OC3CCN(C(C)C)CC3)sc2C1. The lowest BCUT2D eigenvalue weighted by atomic mass is 10.1. The minimum Gasteiger partial charge on any atom is -0.481 e. The Bertz CT molecular complexity index is 567. The molecule has 2 aliphatic rings. The van der Waals surface area contributed by atoms with Gasteiger partial charge in [-0.05, 0) is 44.7 Å². The minimum absolute atomic E-state index is 0.318. The van der Waals surface area contributed by atoms with Crippen molar-refractivity contribution in [2.45, 2.75) is 51.8 Å². The van der Waals surface area contributed by atoms with Gasteiger partial charge in [0.15, 0.2) is 5.06 Å². The maximum absolute atomic E-state index is 11.3. The quantitative estimate of drug-likeness (QED) is 0.902. The predicted molar refractivity (Wildman–Crippen MR) is 94.3 cm³/mol. The molecule has 0 spiro atoms. The van der Waals surface area contributed by atoms with Gasteiger partial charge in [0.25, 0.3) is 0 Å². The third kappa shape index (κ3) is 4.20. The molecule has 0 saturated carbocycles. The number of hydrogen-bond donors (Lipinski definition) is 1. The lowest BCUT2D eigenvalue weighted by Gasteiger charge is -2.34. The van der Waals surface area contributed by atoms with Crippen LogP contribution in [0, 0.1) is 0 Å². The summed E-state index contributed by atoms with van der Waals surface area (Å²) >= 11 is 1.69. The third-order valence-electron chi connectivity index (χ3n) is 4.73. The van der Waals surface area contributed by atoms with Crippen LogP contribution in [0.25, 0.3) is 0 Å². The van der Waals surface area contributed by atoms with Gasteiger partial charge < -0.3 is 19.8 Å². The Labute approximate surface area is 147 Å². The Kier molecular flexibility index (Phi) is 5.63. The highest BCUT2D eigenvalue weighted by atomic mass is 32.1. The standard InChI is InChI=1S/C17H27N3O3S/c1-12(2)19-7-5-14(6-8-19)22-16-10-13-4-9-20(11-15(13)24-16)23-17(21)18-3/h10,12,14H,4-9,11H2,1-3H3,(H,18,21). The summed E-state index contributed by atoms with van der Waals surface area (Å²) in [6, 6.07) is 2.79. The number of rotatable bonds is 4. The van der Waals surface area contributed by atoms with E-state index in [4.69, 9.17) is 9.57 Å². The zero-order valence-electron chi connectivity index (χ0n) is 14.7. The van der Waals surface area contributed by atoms with Crippen molar-refractivity contribution in [2.24, 2.45) is 0 Å². The van der Waals surface area contributed by atoms with Gasteiger partial charge >= 0.3 is 6.09 Å². The summed E-state index contributed by atoms with van der Waals surface area (Å²) in [6.45, 7) is 8.09. The van der Waals surface area contributed by atoms with Crippen molar-refractivity contribution in [2.75, 3.05) is 26.7 Å². The number of amides is 1. The topological polar surface area (TPSA) is 54.0 Å². The van der Waals surface area contributed by atoms with E-state index < -0.39 is 6.09 Å². The first-order chi connectivity index (χ1) is 11.5. The molecule has 0 aromatic carbocycles. The second kappa shape index (κ2) is 7.72. The number of thiophene rings is 1. The van der Waals surface area contributed by atoms with E-state index in [2.05, 4.69) is 30.1 Å². The monoisotopic (exact) mass is 353 g/mol. The summed E-state index contributed by atoms with van der Waals surface area (Å²) in [5.41, 5.74) is 1.33. The Balaban J connectivity index is 1.54. The van der Waals surface area contributed by atoms with Gasteiger partial charge in [-0.2, -0.15) is 0 Å². The summed E-state index contributed by atoms with van der Waals surface area (Å²) in [5, 5.41) is 5.19. The molecule has 134 valence electrons. The lowest BCUT2D eigenvalue weighted by Crippen LogP contribution is -2.41. The second-order valence-corrected chi connectivity index (χ2v) is 7.80. The van der Waals surface area contributed by atoms with Crippen molar-refractivity contribution >= 4 is 17.4 Å². The number of hydroxylamine groups is 2. The van der Waals surface area contributed by atoms with Gasteiger partial charge in [-0.15, -0.1) is 16.4 Å². The van der Waals surface area contributed by atoms with Gasteiger partial charge in [0.05, 0.1) is 6.54 Å². The number of carbonyl (C=O) groups is 1. The van der Waals surface area contributed by atoms with E-state index in [9.17, 15) is 4.79 Å². The minimum atomic E-state index is -0.414. The molecule has 3 rings (SSSR count). The first-order valence-corrected chi connectivity index (χ1v) is 9.53. The van der Waals surface area contributed by atoms with Crippen LogP contribution >= 0.6 is 11.3 Å². The summed E-state index contributed by atoms with van der Waals surface area (Å²) in [7, 11) is 1.57. The molecule has 0 radical (unpaired) electrons. The number of fused-ring (bicyclic) bond motifs is 1. The van der Waals surface area contributed by atoms with Crippen molar-refractivity contribution in [1.82, 2.24) is 15.3 Å². The third-order valence-corrected chi connectivity index (χ3v) is 5.78. The van der Waals surface area contributed by atoms with Crippen LogP contribution in [-0.2, 0) is 17.8 Å². The van der Waals surface area contributed by atoms with Crippen LogP contribution in [0.3, 0.4) is 0 Å². The molecule has 0 aliphatic carbocycles. The smallest absolute Gasteiger partial charge is 0.426 e. The predicted octanol–water partition coefficient (Wildman–Crippen LogP) is 2.63. The first-order valence-electron chi connectivity index (χ1n) is 8.72. The average molecular weight is 353 g/mol. The molecule has 1 aromatic rings. The fourth-order valence-corrected chi connectivity index (χ4v) is 4.37. The molecule has 0 atom stereocenters. The van der Waals surface area contributed by atoms with E-state index in [1.165, 1.54) is 10.4 Å². The van der Waals surface area contributed by atoms with Crippen LogP contribution < -0.4 is 10.1 Å². The zero-order chi connectivity index (χ0) is 17.1. The van der Waals surface area contributed by atoms with Gasteiger partial charge in [0.1, 0.15) is 6.10 Å². The van der Waals surface area contributed by atoms with Crippen LogP contribution in [0.5, 0.6) is 5.06 Å². The van der Waals surface area contributed by atoms with Crippen LogP contribution in [0.15, 0.2) is 6.07 Å². The molecule has 3 heterocycles. The molecular formula is C17H27N3O3S. The summed E-state index contributed by atoms with van der Waals surface area (Å²) in [4.78, 5) is 20.3. The number of likely N-dealkylation sites (tertiary alicyclic amines) is 1. The highest BCUT2D eigenvalue weighted by molar-refractivity contribution is 7.14. The first kappa shape index (κ1) is 17.5. The number of ether oxygens (including phenoxy) is 1. The average Bonchev–Trinajstić information content (AvgIpc) is 2.96. The Morgan fingerprint density at radius 1 is 1.33 bits per heavy atom. The van der Waals surface area contributed by atoms with Crippen molar-refractivity contribution < 1.29 is 14.4 Å². The number of hydrogen-bond acceptors (Lipinski definition) is 6. The summed E-state index contributed by atoms with van der Waals surface area (Å²) < 4.78 is 6.23. The van der Waals surface area contributed by atoms with Crippen molar-refractivity contribution in [3.63, 3.8) is 0 Å². The Morgan fingerprint density at radius 2 is 2.08 bits per heavy atom. The molecule has 1 amide bonds. The van der Waals surface area contributed by atoms with E-state index in [1.54, 1.807) is 23.4 Å². The van der Waals surface area contributed by atoms with Crippen LogP contribution in [0.4, 0.5) is 4.79 Å². The van der Waals surface area contributed by atoms with Gasteiger partial charge in [-0.1, -0.05) is 0 Å². The van der Waals surface area contributed by atoms with Gasteiger partial charge in [-0.3, -0.25) is 0 Å². The normalized spacial score (nSPS) is 20.0. The van der Waals surface area contributed by atoms with E-state index in [-0.39, 0.29) is 0 Å². The summed E-state index contributed by atoms with van der Waals surface area (Å²) in [6.07, 6.45) is 2.97. The van der Waals surface area contributed by atoms with Crippen molar-refractivity contribution in [3.8, 4) is 5.06 Å². The second-order valence-electron chi connectivity index (χ2n) is 6.70. The van der Waals surface area contributed by atoms with E-state index in [0.717, 1.165) is 44.0 Å². The Hall–Kier alpha value is -1.31. The van der Waals surface area contributed by atoms with E-state index >= 15 is 0 Å². The van der Waals surface area contributed by atoms with Crippen molar-refractivity contribution in [3.05, 3.63) is 16.5 Å². The zero-order valence-corrected chi connectivity index (χ0v) is 15.5. The maximum atomic E-state index is 11.3. The highest BCUT2D eigenvalue weighted by Crippen LogP contribution is 2.35. The van der Waals surface area contributed by atoms with Gasteiger partial charge in [0.2, 0.25) is 0 Å². The number of carbonyl (C=O) groups excluding carboxylic acids is 1. The van der Waals surface area contributed by atoms with Gasteiger partial charge in [-0.25, -0.2) is 4.79 Å². The fourth-order valence-electron chi connectivity index (χ4n) is 3.24. The molecular weight excluding hydrogens is 326 g/mol. The van der Waals surface area contributed by atoms with Gasteiger partial charge in [0, 0.05) is 37.6 Å². The highest BCUT2D eigenvalue weighted by Gasteiger charge is 2.25. The fraction of sp³-hybridized carbons (Fsp3) is 0.706. The molecule has 1 aromatic heterocycles. The molecule has 1 saturated heterocycles. The molecule has 7 heteroatoms. The van der Waals surface area contributed by atoms with Crippen LogP contribution in [0.1, 0.15) is 37.1 Å². The molecule has 6 nitrogen and oxygen atoms in total. The molecule has 1 N–H and O–H groups in total. The number of nitrogens with one attached hydrogen (secondary N) is 1.